The number of nitrogens with zero attached hydrogens (tertiary/aromatic N) is 6. The van der Waals surface area contributed by atoms with Gasteiger partial charge in [-0.1, -0.05) is 6.42 Å². The normalized spacial score (nSPS) is 14.4. The van der Waals surface area contributed by atoms with Gasteiger partial charge in [-0.25, -0.2) is 0 Å². The minimum atomic E-state index is 0.285. The van der Waals surface area contributed by atoms with Crippen molar-refractivity contribution in [3.63, 3.8) is 0 Å². The van der Waals surface area contributed by atoms with E-state index in [-0.39, 0.29) is 6.01 Å². The van der Waals surface area contributed by atoms with Crippen LogP contribution in [0.4, 0.5) is 5.95 Å². The van der Waals surface area contributed by atoms with Crippen LogP contribution in [0.15, 0.2) is 10.3 Å². The average molecular weight is 307 g/mol. The molecule has 0 aromatic carbocycles. The highest BCUT2D eigenvalue weighted by Crippen LogP contribution is 2.27. The van der Waals surface area contributed by atoms with Crippen LogP contribution < -0.4 is 10.1 Å². The largest absolute Gasteiger partial charge is 0.467 e. The molecule has 1 aliphatic heterocycles. The maximum absolute atomic E-state index is 5.09. The molecule has 0 bridgehead atoms. The summed E-state index contributed by atoms with van der Waals surface area (Å²) in [6, 6.07) is 0.285. The van der Waals surface area contributed by atoms with Gasteiger partial charge in [0, 0.05) is 20.0 Å². The molecule has 3 rings (SSSR count). The van der Waals surface area contributed by atoms with E-state index < -0.39 is 0 Å². The summed E-state index contributed by atoms with van der Waals surface area (Å²) in [4.78, 5) is 12.7. The van der Waals surface area contributed by atoms with Crippen LogP contribution in [0.3, 0.4) is 0 Å². The summed E-state index contributed by atoms with van der Waals surface area (Å²) >= 11 is 1.38. The minimum Gasteiger partial charge on any atom is -0.467 e. The fraction of sp³-hybridized carbons (Fsp3) is 0.583. The fourth-order valence-corrected chi connectivity index (χ4v) is 3.01. The van der Waals surface area contributed by atoms with Crippen LogP contribution in [0.25, 0.3) is 0 Å². The molecule has 0 fully saturated rings. The molecule has 0 unspecified atom stereocenters. The Morgan fingerprint density at radius 1 is 1.14 bits per heavy atom. The van der Waals surface area contributed by atoms with E-state index in [1.54, 1.807) is 7.05 Å². The minimum absolute atomic E-state index is 0.285. The SMILES string of the molecule is CNc1nc(OC)nc(Sc2nnc3n2CCCCC3)n1. The highest BCUT2D eigenvalue weighted by molar-refractivity contribution is 7.99. The molecule has 0 saturated carbocycles. The number of fused-ring (bicyclic) bond motifs is 1. The lowest BCUT2D eigenvalue weighted by molar-refractivity contribution is 0.373. The maximum Gasteiger partial charge on any atom is 0.321 e. The monoisotopic (exact) mass is 307 g/mol. The van der Waals surface area contributed by atoms with Crippen molar-refractivity contribution in [2.24, 2.45) is 0 Å². The van der Waals surface area contributed by atoms with Crippen LogP contribution in [0.5, 0.6) is 6.01 Å². The smallest absolute Gasteiger partial charge is 0.321 e. The Morgan fingerprint density at radius 3 is 2.86 bits per heavy atom. The van der Waals surface area contributed by atoms with E-state index in [9.17, 15) is 0 Å². The van der Waals surface area contributed by atoms with Crippen LogP contribution in [0.1, 0.15) is 25.1 Å². The zero-order valence-corrected chi connectivity index (χ0v) is 12.9. The van der Waals surface area contributed by atoms with Crippen molar-refractivity contribution in [3.8, 4) is 6.01 Å². The standard InChI is InChI=1S/C12H17N7OS/c1-13-9-14-10(20-2)16-11(15-9)21-12-18-17-8-6-4-3-5-7-19(8)12/h3-7H2,1-2H3,(H,13,14,15,16). The van der Waals surface area contributed by atoms with E-state index in [2.05, 4.69) is 35.0 Å². The Morgan fingerprint density at radius 2 is 2.05 bits per heavy atom. The van der Waals surface area contributed by atoms with Gasteiger partial charge in [-0.05, 0) is 24.6 Å². The Kier molecular flexibility index (Phi) is 4.18. The number of hydrogen-bond donors (Lipinski definition) is 1. The first kappa shape index (κ1) is 14.1. The molecule has 2 aromatic heterocycles. The Bertz CT molecular complexity index is 608. The lowest BCUT2D eigenvalue weighted by Gasteiger charge is -2.07. The number of ether oxygens (including phenoxy) is 1. The van der Waals surface area contributed by atoms with Crippen molar-refractivity contribution in [2.45, 2.75) is 42.5 Å². The van der Waals surface area contributed by atoms with Gasteiger partial charge in [-0.2, -0.15) is 15.0 Å². The number of rotatable bonds is 4. The third-order valence-corrected chi connectivity index (χ3v) is 4.11. The quantitative estimate of drug-likeness (QED) is 0.906. The first-order valence-corrected chi connectivity index (χ1v) is 7.69. The third kappa shape index (κ3) is 3.07. The first-order chi connectivity index (χ1) is 10.3. The van der Waals surface area contributed by atoms with E-state index in [4.69, 9.17) is 4.74 Å². The van der Waals surface area contributed by atoms with Crippen LogP contribution >= 0.6 is 11.8 Å². The predicted octanol–water partition coefficient (Wildman–Crippen LogP) is 1.39. The zero-order chi connectivity index (χ0) is 14.7. The molecule has 0 spiro atoms. The van der Waals surface area contributed by atoms with Gasteiger partial charge >= 0.3 is 6.01 Å². The molecule has 3 heterocycles. The van der Waals surface area contributed by atoms with Crippen molar-refractivity contribution < 1.29 is 4.74 Å². The molecule has 0 amide bonds. The molecule has 21 heavy (non-hydrogen) atoms. The lowest BCUT2D eigenvalue weighted by Crippen LogP contribution is -2.05. The molecule has 112 valence electrons. The summed E-state index contributed by atoms with van der Waals surface area (Å²) in [5.41, 5.74) is 0. The summed E-state index contributed by atoms with van der Waals surface area (Å²) in [5, 5.41) is 12.8. The Labute approximate surface area is 126 Å². The molecule has 1 N–H and O–H groups in total. The lowest BCUT2D eigenvalue weighted by atomic mass is 10.2. The van der Waals surface area contributed by atoms with Gasteiger partial charge in [0.15, 0.2) is 5.16 Å². The van der Waals surface area contributed by atoms with E-state index >= 15 is 0 Å². The molecule has 8 nitrogen and oxygen atoms in total. The maximum atomic E-state index is 5.09. The van der Waals surface area contributed by atoms with Gasteiger partial charge in [0.25, 0.3) is 0 Å². The highest BCUT2D eigenvalue weighted by Gasteiger charge is 2.17. The van der Waals surface area contributed by atoms with E-state index in [0.29, 0.717) is 11.1 Å². The van der Waals surface area contributed by atoms with Crippen LogP contribution in [-0.2, 0) is 13.0 Å². The molecule has 0 saturated heterocycles. The second kappa shape index (κ2) is 6.25. The van der Waals surface area contributed by atoms with Crippen LogP contribution in [-0.4, -0.2) is 43.9 Å². The number of aromatic nitrogens is 6. The summed E-state index contributed by atoms with van der Waals surface area (Å²) in [6.07, 6.45) is 4.54. The van der Waals surface area contributed by atoms with Crippen LogP contribution in [0, 0.1) is 0 Å². The number of methoxy groups -OCH3 is 1. The molecular weight excluding hydrogens is 290 g/mol. The van der Waals surface area contributed by atoms with Crippen molar-refractivity contribution in [2.75, 3.05) is 19.5 Å². The number of nitrogens with one attached hydrogen (secondary N) is 1. The van der Waals surface area contributed by atoms with Crippen molar-refractivity contribution >= 4 is 17.7 Å². The van der Waals surface area contributed by atoms with Crippen LogP contribution in [0.2, 0.25) is 0 Å². The number of hydrogen-bond acceptors (Lipinski definition) is 8. The van der Waals surface area contributed by atoms with Gasteiger partial charge in [0.05, 0.1) is 7.11 Å². The summed E-state index contributed by atoms with van der Waals surface area (Å²) in [6.45, 7) is 0.950. The fourth-order valence-electron chi connectivity index (χ4n) is 2.20. The Hall–Kier alpha value is -1.90. The molecular formula is C12H17N7OS. The van der Waals surface area contributed by atoms with Crippen molar-refractivity contribution in [1.82, 2.24) is 29.7 Å². The Balaban J connectivity index is 1.88. The molecule has 9 heteroatoms. The van der Waals surface area contributed by atoms with Gasteiger partial charge in [0.2, 0.25) is 11.1 Å². The summed E-state index contributed by atoms with van der Waals surface area (Å²) < 4.78 is 7.25. The van der Waals surface area contributed by atoms with Gasteiger partial charge < -0.3 is 14.6 Å². The van der Waals surface area contributed by atoms with Crippen molar-refractivity contribution in [3.05, 3.63) is 5.82 Å². The highest BCUT2D eigenvalue weighted by atomic mass is 32.2. The van der Waals surface area contributed by atoms with E-state index in [1.165, 1.54) is 31.7 Å². The molecule has 1 aliphatic rings. The molecule has 0 aliphatic carbocycles. The number of anilines is 1. The topological polar surface area (TPSA) is 90.6 Å². The number of aryl methyl sites for hydroxylation is 1. The average Bonchev–Trinajstić information content (AvgIpc) is 2.74. The zero-order valence-electron chi connectivity index (χ0n) is 12.0. The van der Waals surface area contributed by atoms with Crippen molar-refractivity contribution in [1.29, 1.82) is 0 Å². The second-order valence-electron chi connectivity index (χ2n) is 4.64. The van der Waals surface area contributed by atoms with Gasteiger partial charge in [-0.3, -0.25) is 0 Å². The summed E-state index contributed by atoms with van der Waals surface area (Å²) in [7, 11) is 3.29. The first-order valence-electron chi connectivity index (χ1n) is 6.88. The van der Waals surface area contributed by atoms with E-state index in [0.717, 1.165) is 30.4 Å². The molecule has 0 atom stereocenters. The predicted molar refractivity (Wildman–Crippen MR) is 77.6 cm³/mol. The van der Waals surface area contributed by atoms with Gasteiger partial charge in [0.1, 0.15) is 5.82 Å². The molecule has 2 aromatic rings. The third-order valence-electron chi connectivity index (χ3n) is 3.26. The van der Waals surface area contributed by atoms with Gasteiger partial charge in [-0.15, -0.1) is 10.2 Å². The summed E-state index contributed by atoms with van der Waals surface area (Å²) in [5.74, 6) is 1.52. The molecule has 0 radical (unpaired) electrons. The van der Waals surface area contributed by atoms with E-state index in [1.807, 2.05) is 0 Å². The second-order valence-corrected chi connectivity index (χ2v) is 5.58.